The van der Waals surface area contributed by atoms with Crippen molar-refractivity contribution in [3.63, 3.8) is 0 Å². The van der Waals surface area contributed by atoms with Crippen LogP contribution in [0.4, 0.5) is 0 Å². The van der Waals surface area contributed by atoms with Gasteiger partial charge in [0.15, 0.2) is 0 Å². The molecule has 1 aliphatic heterocycles. The molecule has 23 heavy (non-hydrogen) atoms. The van der Waals surface area contributed by atoms with E-state index in [-0.39, 0.29) is 11.4 Å². The van der Waals surface area contributed by atoms with E-state index in [1.165, 1.54) is 12.3 Å². The number of rotatable bonds is 4. The molecular formula is C14H15N3O5S. The number of nitrogens with zero attached hydrogens (tertiary/aromatic N) is 3. The van der Waals surface area contributed by atoms with Crippen LogP contribution in [0.3, 0.4) is 0 Å². The summed E-state index contributed by atoms with van der Waals surface area (Å²) in [5, 5.41) is 13.8. The minimum absolute atomic E-state index is 0.0109. The number of carboxylic acids is 1. The fraction of sp³-hybridized carbons (Fsp3) is 0.500. The van der Waals surface area contributed by atoms with Crippen LogP contribution in [0.5, 0.6) is 0 Å². The SMILES string of the molecule is O=C(O)[C@@H]1CCCN1S(=O)(=O)c1cnc2onc(C3CC3)c2c1. The van der Waals surface area contributed by atoms with Gasteiger partial charge in [-0.15, -0.1) is 0 Å². The van der Waals surface area contributed by atoms with Gasteiger partial charge in [0.1, 0.15) is 10.9 Å². The van der Waals surface area contributed by atoms with Crippen molar-refractivity contribution in [1.29, 1.82) is 0 Å². The quantitative estimate of drug-likeness (QED) is 0.895. The monoisotopic (exact) mass is 337 g/mol. The summed E-state index contributed by atoms with van der Waals surface area (Å²) in [5.74, 6) is -0.821. The number of fused-ring (bicyclic) bond motifs is 1. The number of sulfonamides is 1. The van der Waals surface area contributed by atoms with Crippen LogP contribution in [0, 0.1) is 0 Å². The molecule has 1 N–H and O–H groups in total. The lowest BCUT2D eigenvalue weighted by Gasteiger charge is -2.20. The smallest absolute Gasteiger partial charge is 0.322 e. The van der Waals surface area contributed by atoms with Gasteiger partial charge in [0, 0.05) is 12.5 Å². The summed E-state index contributed by atoms with van der Waals surface area (Å²) in [7, 11) is -3.90. The van der Waals surface area contributed by atoms with E-state index in [0.717, 1.165) is 22.8 Å². The molecule has 0 unspecified atom stereocenters. The van der Waals surface area contributed by atoms with Gasteiger partial charge in [-0.05, 0) is 31.7 Å². The first-order valence-electron chi connectivity index (χ1n) is 7.48. The Morgan fingerprint density at radius 2 is 2.13 bits per heavy atom. The number of carboxylic acid groups (broad SMARTS) is 1. The fourth-order valence-electron chi connectivity index (χ4n) is 3.03. The van der Waals surface area contributed by atoms with Gasteiger partial charge in [-0.3, -0.25) is 4.79 Å². The summed E-state index contributed by atoms with van der Waals surface area (Å²) in [4.78, 5) is 15.3. The number of aromatic nitrogens is 2. The molecule has 2 aromatic heterocycles. The highest BCUT2D eigenvalue weighted by molar-refractivity contribution is 7.89. The maximum absolute atomic E-state index is 12.8. The van der Waals surface area contributed by atoms with E-state index in [9.17, 15) is 18.3 Å². The van der Waals surface area contributed by atoms with Gasteiger partial charge in [-0.1, -0.05) is 5.16 Å². The molecule has 1 atom stereocenters. The molecule has 0 bridgehead atoms. The largest absolute Gasteiger partial charge is 0.480 e. The molecule has 1 aliphatic carbocycles. The van der Waals surface area contributed by atoms with Gasteiger partial charge >= 0.3 is 5.97 Å². The van der Waals surface area contributed by atoms with Crippen LogP contribution in [0.1, 0.15) is 37.3 Å². The first-order chi connectivity index (χ1) is 11.0. The van der Waals surface area contributed by atoms with Crippen LogP contribution in [-0.4, -0.2) is 46.5 Å². The van der Waals surface area contributed by atoms with Gasteiger partial charge in [-0.2, -0.15) is 4.31 Å². The van der Waals surface area contributed by atoms with E-state index >= 15 is 0 Å². The predicted molar refractivity (Wildman–Crippen MR) is 78.3 cm³/mol. The third-order valence-electron chi connectivity index (χ3n) is 4.39. The molecule has 0 amide bonds. The van der Waals surface area contributed by atoms with Crippen LogP contribution in [0.2, 0.25) is 0 Å². The summed E-state index contributed by atoms with van der Waals surface area (Å²) in [6.07, 6.45) is 4.08. The van der Waals surface area contributed by atoms with E-state index < -0.39 is 22.0 Å². The number of carbonyl (C=O) groups is 1. The number of pyridine rings is 1. The van der Waals surface area contributed by atoms with Crippen LogP contribution in [0.15, 0.2) is 21.7 Å². The van der Waals surface area contributed by atoms with Crippen molar-refractivity contribution in [2.75, 3.05) is 6.54 Å². The highest BCUT2D eigenvalue weighted by atomic mass is 32.2. The molecule has 0 radical (unpaired) electrons. The van der Waals surface area contributed by atoms with Crippen molar-refractivity contribution in [2.24, 2.45) is 0 Å². The normalized spacial score (nSPS) is 22.7. The second kappa shape index (κ2) is 5.00. The Balaban J connectivity index is 1.78. The topological polar surface area (TPSA) is 114 Å². The van der Waals surface area contributed by atoms with E-state index in [4.69, 9.17) is 4.52 Å². The Hall–Kier alpha value is -2.00. The zero-order valence-corrected chi connectivity index (χ0v) is 13.0. The molecule has 122 valence electrons. The Morgan fingerprint density at radius 3 is 2.83 bits per heavy atom. The zero-order chi connectivity index (χ0) is 16.2. The van der Waals surface area contributed by atoms with Crippen LogP contribution < -0.4 is 0 Å². The van der Waals surface area contributed by atoms with Crippen LogP contribution in [-0.2, 0) is 14.8 Å². The predicted octanol–water partition coefficient (Wildman–Crippen LogP) is 1.34. The maximum Gasteiger partial charge on any atom is 0.322 e. The summed E-state index contributed by atoms with van der Waals surface area (Å²) in [6, 6.07) is 0.486. The molecule has 0 aromatic carbocycles. The lowest BCUT2D eigenvalue weighted by atomic mass is 10.2. The first kappa shape index (κ1) is 14.6. The molecule has 2 fully saturated rings. The fourth-order valence-corrected chi connectivity index (χ4v) is 4.66. The van der Waals surface area contributed by atoms with E-state index in [1.54, 1.807) is 0 Å². The summed E-state index contributed by atoms with van der Waals surface area (Å²) < 4.78 is 31.7. The summed E-state index contributed by atoms with van der Waals surface area (Å²) in [6.45, 7) is 0.205. The molecule has 2 aliphatic rings. The summed E-state index contributed by atoms with van der Waals surface area (Å²) >= 11 is 0. The third kappa shape index (κ3) is 2.31. The second-order valence-corrected chi connectivity index (χ2v) is 7.87. The second-order valence-electron chi connectivity index (χ2n) is 5.98. The van der Waals surface area contributed by atoms with Crippen molar-refractivity contribution >= 4 is 27.1 Å². The van der Waals surface area contributed by atoms with E-state index in [0.29, 0.717) is 29.9 Å². The molecule has 1 saturated heterocycles. The van der Waals surface area contributed by atoms with E-state index in [1.807, 2.05) is 0 Å². The molecule has 2 aromatic rings. The van der Waals surface area contributed by atoms with Crippen LogP contribution in [0.25, 0.3) is 11.1 Å². The highest BCUT2D eigenvalue weighted by Crippen LogP contribution is 2.42. The Bertz CT molecular complexity index is 887. The Labute approximate surface area is 132 Å². The molecule has 0 spiro atoms. The van der Waals surface area contributed by atoms with E-state index in [2.05, 4.69) is 10.1 Å². The number of hydrogen-bond acceptors (Lipinski definition) is 6. The van der Waals surface area contributed by atoms with Crippen molar-refractivity contribution in [1.82, 2.24) is 14.4 Å². The number of hydrogen-bond donors (Lipinski definition) is 1. The Morgan fingerprint density at radius 1 is 1.35 bits per heavy atom. The molecule has 4 rings (SSSR count). The average molecular weight is 337 g/mol. The zero-order valence-electron chi connectivity index (χ0n) is 12.2. The van der Waals surface area contributed by atoms with Crippen LogP contribution >= 0.6 is 0 Å². The van der Waals surface area contributed by atoms with Gasteiger partial charge in [0.25, 0.3) is 5.71 Å². The minimum Gasteiger partial charge on any atom is -0.480 e. The maximum atomic E-state index is 12.8. The average Bonchev–Trinajstić information content (AvgIpc) is 3.08. The summed E-state index contributed by atoms with van der Waals surface area (Å²) in [5.41, 5.74) is 1.04. The van der Waals surface area contributed by atoms with Crippen molar-refractivity contribution in [3.8, 4) is 0 Å². The third-order valence-corrected chi connectivity index (χ3v) is 6.27. The van der Waals surface area contributed by atoms with Gasteiger partial charge in [-0.25, -0.2) is 13.4 Å². The minimum atomic E-state index is -3.90. The molecule has 8 nitrogen and oxygen atoms in total. The molecule has 1 saturated carbocycles. The van der Waals surface area contributed by atoms with Gasteiger partial charge in [0.2, 0.25) is 10.0 Å². The lowest BCUT2D eigenvalue weighted by Crippen LogP contribution is -2.40. The molecule has 3 heterocycles. The lowest BCUT2D eigenvalue weighted by molar-refractivity contribution is -0.140. The number of aliphatic carboxylic acids is 1. The first-order valence-corrected chi connectivity index (χ1v) is 8.92. The standard InChI is InChI=1S/C14H15N3O5S/c18-14(19)11-2-1-5-17(11)23(20,21)9-6-10-12(8-3-4-8)16-22-13(10)15-7-9/h6-8,11H,1-5H2,(H,18,19)/t11-/m0/s1. The van der Waals surface area contributed by atoms with Gasteiger partial charge < -0.3 is 9.63 Å². The van der Waals surface area contributed by atoms with Crippen molar-refractivity contribution in [3.05, 3.63) is 18.0 Å². The molecular weight excluding hydrogens is 322 g/mol. The highest BCUT2D eigenvalue weighted by Gasteiger charge is 2.40. The van der Waals surface area contributed by atoms with Gasteiger partial charge in [0.05, 0.1) is 17.3 Å². The molecule has 9 heteroatoms. The Kier molecular flexibility index (Phi) is 3.17. The van der Waals surface area contributed by atoms with Crippen molar-refractivity contribution < 1.29 is 22.8 Å². The van der Waals surface area contributed by atoms with Crippen molar-refractivity contribution in [2.45, 2.75) is 42.5 Å².